The van der Waals surface area contributed by atoms with Crippen LogP contribution in [0, 0.1) is 11.7 Å². The van der Waals surface area contributed by atoms with Crippen molar-refractivity contribution in [2.45, 2.75) is 25.7 Å². The SMILES string of the molecule is C[C@@H]1Cc2ccccc2[C@@H](c2cccc(-c3ccccc3F)c2)C1. The van der Waals surface area contributed by atoms with Crippen molar-refractivity contribution in [2.75, 3.05) is 0 Å². The zero-order valence-electron chi connectivity index (χ0n) is 13.9. The molecule has 0 saturated heterocycles. The van der Waals surface area contributed by atoms with Crippen LogP contribution in [0.5, 0.6) is 0 Å². The summed E-state index contributed by atoms with van der Waals surface area (Å²) in [5.74, 6) is 0.908. The molecule has 120 valence electrons. The van der Waals surface area contributed by atoms with E-state index < -0.39 is 0 Å². The lowest BCUT2D eigenvalue weighted by Crippen LogP contribution is -2.17. The Balaban J connectivity index is 1.79. The second-order valence-corrected chi connectivity index (χ2v) is 6.90. The van der Waals surface area contributed by atoms with Gasteiger partial charge in [-0.25, -0.2) is 4.39 Å². The quantitative estimate of drug-likeness (QED) is 0.527. The minimum absolute atomic E-state index is 0.160. The molecule has 3 aromatic carbocycles. The van der Waals surface area contributed by atoms with E-state index in [0.29, 0.717) is 17.4 Å². The molecule has 0 nitrogen and oxygen atoms in total. The summed E-state index contributed by atoms with van der Waals surface area (Å²) in [6.45, 7) is 2.32. The summed E-state index contributed by atoms with van der Waals surface area (Å²) in [6, 6.07) is 24.2. The molecule has 4 rings (SSSR count). The molecule has 0 radical (unpaired) electrons. The van der Waals surface area contributed by atoms with Crippen LogP contribution in [0.3, 0.4) is 0 Å². The van der Waals surface area contributed by atoms with E-state index >= 15 is 0 Å². The maximum absolute atomic E-state index is 14.2. The molecule has 0 heterocycles. The molecule has 0 spiro atoms. The summed E-state index contributed by atoms with van der Waals surface area (Å²) in [7, 11) is 0. The average molecular weight is 316 g/mol. The Labute approximate surface area is 143 Å². The predicted octanol–water partition coefficient (Wildman–Crippen LogP) is 6.21. The summed E-state index contributed by atoms with van der Waals surface area (Å²) >= 11 is 0. The summed E-state index contributed by atoms with van der Waals surface area (Å²) < 4.78 is 14.2. The van der Waals surface area contributed by atoms with Crippen LogP contribution >= 0.6 is 0 Å². The van der Waals surface area contributed by atoms with Crippen LogP contribution in [-0.2, 0) is 6.42 Å². The van der Waals surface area contributed by atoms with Crippen molar-refractivity contribution >= 4 is 0 Å². The van der Waals surface area contributed by atoms with Crippen LogP contribution in [0.15, 0.2) is 72.8 Å². The monoisotopic (exact) mass is 316 g/mol. The standard InChI is InChI=1S/C23H21F/c1-16-13-17-7-2-3-10-20(17)22(14-16)19-9-6-8-18(15-19)21-11-4-5-12-23(21)24/h2-12,15-16,22H,13-14H2,1H3/t16-,22-/m1/s1. The van der Waals surface area contributed by atoms with E-state index in [-0.39, 0.29) is 5.82 Å². The summed E-state index contributed by atoms with van der Waals surface area (Å²) in [6.07, 6.45) is 2.30. The molecule has 1 aliphatic rings. The molecule has 24 heavy (non-hydrogen) atoms. The van der Waals surface area contributed by atoms with Gasteiger partial charge in [0.2, 0.25) is 0 Å². The van der Waals surface area contributed by atoms with Gasteiger partial charge in [-0.15, -0.1) is 0 Å². The van der Waals surface area contributed by atoms with Crippen LogP contribution < -0.4 is 0 Å². The zero-order chi connectivity index (χ0) is 16.5. The van der Waals surface area contributed by atoms with Gasteiger partial charge in [0.25, 0.3) is 0 Å². The van der Waals surface area contributed by atoms with Crippen molar-refractivity contribution in [1.29, 1.82) is 0 Å². The molecule has 0 N–H and O–H groups in total. The first-order chi connectivity index (χ1) is 11.7. The first kappa shape index (κ1) is 15.1. The van der Waals surface area contributed by atoms with Crippen molar-refractivity contribution in [2.24, 2.45) is 5.92 Å². The minimum Gasteiger partial charge on any atom is -0.206 e. The molecule has 0 fully saturated rings. The summed E-state index contributed by atoms with van der Waals surface area (Å²) in [5.41, 5.74) is 5.81. The lowest BCUT2D eigenvalue weighted by molar-refractivity contribution is 0.464. The van der Waals surface area contributed by atoms with E-state index in [1.165, 1.54) is 22.8 Å². The maximum Gasteiger partial charge on any atom is 0.131 e. The van der Waals surface area contributed by atoms with Crippen LogP contribution in [0.1, 0.15) is 36.0 Å². The number of halogens is 1. The molecule has 0 unspecified atom stereocenters. The van der Waals surface area contributed by atoms with Crippen molar-refractivity contribution in [3.05, 3.63) is 95.3 Å². The van der Waals surface area contributed by atoms with Gasteiger partial charge in [0.1, 0.15) is 5.82 Å². The molecule has 1 heteroatoms. The number of rotatable bonds is 2. The number of hydrogen-bond acceptors (Lipinski definition) is 0. The third kappa shape index (κ3) is 2.75. The van der Waals surface area contributed by atoms with Gasteiger partial charge < -0.3 is 0 Å². The van der Waals surface area contributed by atoms with Gasteiger partial charge in [0.05, 0.1) is 0 Å². The highest BCUT2D eigenvalue weighted by Crippen LogP contribution is 2.40. The van der Waals surface area contributed by atoms with Gasteiger partial charge in [-0.05, 0) is 47.1 Å². The predicted molar refractivity (Wildman–Crippen MR) is 97.6 cm³/mol. The van der Waals surface area contributed by atoms with Gasteiger partial charge in [-0.2, -0.15) is 0 Å². The van der Waals surface area contributed by atoms with Gasteiger partial charge in [0.15, 0.2) is 0 Å². The number of hydrogen-bond donors (Lipinski definition) is 0. The average Bonchev–Trinajstić information content (AvgIpc) is 2.61. The van der Waals surface area contributed by atoms with E-state index in [0.717, 1.165) is 18.4 Å². The number of benzene rings is 3. The van der Waals surface area contributed by atoms with Crippen LogP contribution in [0.4, 0.5) is 4.39 Å². The van der Waals surface area contributed by atoms with E-state index in [2.05, 4.69) is 49.4 Å². The molecule has 0 saturated carbocycles. The molecule has 0 aromatic heterocycles. The third-order valence-electron chi connectivity index (χ3n) is 5.11. The molecule has 0 amide bonds. The van der Waals surface area contributed by atoms with E-state index in [4.69, 9.17) is 0 Å². The van der Waals surface area contributed by atoms with Gasteiger partial charge in [0, 0.05) is 11.5 Å². The second kappa shape index (κ2) is 6.24. The fourth-order valence-electron chi connectivity index (χ4n) is 3.98. The smallest absolute Gasteiger partial charge is 0.131 e. The van der Waals surface area contributed by atoms with Crippen LogP contribution in [-0.4, -0.2) is 0 Å². The van der Waals surface area contributed by atoms with Gasteiger partial charge in [-0.1, -0.05) is 73.7 Å². The second-order valence-electron chi connectivity index (χ2n) is 6.90. The summed E-state index contributed by atoms with van der Waals surface area (Å²) in [5, 5.41) is 0. The minimum atomic E-state index is -0.160. The van der Waals surface area contributed by atoms with Crippen LogP contribution in [0.2, 0.25) is 0 Å². The Morgan fingerprint density at radius 1 is 0.875 bits per heavy atom. The molecule has 3 aromatic rings. The Morgan fingerprint density at radius 3 is 2.54 bits per heavy atom. The normalized spacial score (nSPS) is 19.8. The van der Waals surface area contributed by atoms with Crippen molar-refractivity contribution < 1.29 is 4.39 Å². The summed E-state index contributed by atoms with van der Waals surface area (Å²) in [4.78, 5) is 0. The van der Waals surface area contributed by atoms with Gasteiger partial charge in [-0.3, -0.25) is 0 Å². The Hall–Kier alpha value is -2.41. The highest BCUT2D eigenvalue weighted by Gasteiger charge is 2.25. The first-order valence-corrected chi connectivity index (χ1v) is 8.65. The number of fused-ring (bicyclic) bond motifs is 1. The topological polar surface area (TPSA) is 0 Å². The van der Waals surface area contributed by atoms with Crippen molar-refractivity contribution in [1.82, 2.24) is 0 Å². The lowest BCUT2D eigenvalue weighted by atomic mass is 9.74. The van der Waals surface area contributed by atoms with Crippen molar-refractivity contribution in [3.63, 3.8) is 0 Å². The highest BCUT2D eigenvalue weighted by atomic mass is 19.1. The zero-order valence-corrected chi connectivity index (χ0v) is 13.9. The van der Waals surface area contributed by atoms with E-state index in [1.807, 2.05) is 18.2 Å². The third-order valence-corrected chi connectivity index (χ3v) is 5.11. The van der Waals surface area contributed by atoms with Gasteiger partial charge >= 0.3 is 0 Å². The molecule has 0 aliphatic heterocycles. The molecule has 0 bridgehead atoms. The van der Waals surface area contributed by atoms with Crippen LogP contribution in [0.25, 0.3) is 11.1 Å². The van der Waals surface area contributed by atoms with E-state index in [1.54, 1.807) is 6.07 Å². The highest BCUT2D eigenvalue weighted by molar-refractivity contribution is 5.65. The first-order valence-electron chi connectivity index (χ1n) is 8.65. The fraction of sp³-hybridized carbons (Fsp3) is 0.217. The maximum atomic E-state index is 14.2. The van der Waals surface area contributed by atoms with E-state index in [9.17, 15) is 4.39 Å². The largest absolute Gasteiger partial charge is 0.206 e. The lowest BCUT2D eigenvalue weighted by Gasteiger charge is -2.30. The molecule has 1 aliphatic carbocycles. The molecular formula is C23H21F. The molecular weight excluding hydrogens is 295 g/mol. The van der Waals surface area contributed by atoms with Crippen molar-refractivity contribution in [3.8, 4) is 11.1 Å². The Bertz CT molecular complexity index is 865. The Kier molecular flexibility index (Phi) is 3.93. The fourth-order valence-corrected chi connectivity index (χ4v) is 3.98. The Morgan fingerprint density at radius 2 is 1.67 bits per heavy atom. The molecule has 2 atom stereocenters.